The summed E-state index contributed by atoms with van der Waals surface area (Å²) in [6.45, 7) is 2.20. The lowest BCUT2D eigenvalue weighted by Crippen LogP contribution is -2.24. The van der Waals surface area contributed by atoms with Crippen LogP contribution in [0.3, 0.4) is 0 Å². The van der Waals surface area contributed by atoms with E-state index in [1.54, 1.807) is 0 Å². The number of benzene rings is 1. The van der Waals surface area contributed by atoms with Crippen molar-refractivity contribution in [2.24, 2.45) is 11.7 Å². The van der Waals surface area contributed by atoms with Crippen LogP contribution in [0.25, 0.3) is 0 Å². The molecule has 0 radical (unpaired) electrons. The summed E-state index contributed by atoms with van der Waals surface area (Å²) in [5.41, 5.74) is 10.9. The molecule has 1 aromatic rings. The molecule has 4 N–H and O–H groups in total. The zero-order valence-electron chi connectivity index (χ0n) is 11.0. The number of halogens is 1. The highest BCUT2D eigenvalue weighted by atomic mass is 19.1. The Hall–Kier alpha value is -1.78. The molecular formula is C14H19FN2O2. The van der Waals surface area contributed by atoms with Gasteiger partial charge in [-0.05, 0) is 37.7 Å². The number of rotatable bonds is 3. The normalized spacial score (nSPS) is 23.1. The lowest BCUT2D eigenvalue weighted by atomic mass is 9.89. The van der Waals surface area contributed by atoms with Gasteiger partial charge in [-0.2, -0.15) is 0 Å². The number of anilines is 1. The van der Waals surface area contributed by atoms with E-state index in [0.717, 1.165) is 31.7 Å². The van der Waals surface area contributed by atoms with Crippen molar-refractivity contribution in [1.29, 1.82) is 0 Å². The standard InChI is InChI=1S/C14H19FN2O2/c1-8-2-4-9(5-3-8)19-13-6-10(14(17)18)12(16)7-11(13)15/h6-9H,2-5,16H2,1H3,(H2,17,18). The highest BCUT2D eigenvalue weighted by Crippen LogP contribution is 2.30. The Kier molecular flexibility index (Phi) is 3.93. The Morgan fingerprint density at radius 2 is 1.95 bits per heavy atom. The third-order valence-corrected chi connectivity index (χ3v) is 3.63. The maximum Gasteiger partial charge on any atom is 0.250 e. The van der Waals surface area contributed by atoms with E-state index in [4.69, 9.17) is 16.2 Å². The van der Waals surface area contributed by atoms with Crippen LogP contribution in [-0.2, 0) is 0 Å². The van der Waals surface area contributed by atoms with Gasteiger partial charge in [-0.3, -0.25) is 4.79 Å². The van der Waals surface area contributed by atoms with Gasteiger partial charge >= 0.3 is 0 Å². The van der Waals surface area contributed by atoms with Gasteiger partial charge in [-0.15, -0.1) is 0 Å². The van der Waals surface area contributed by atoms with Gasteiger partial charge in [0, 0.05) is 11.8 Å². The zero-order chi connectivity index (χ0) is 14.0. The predicted molar refractivity (Wildman–Crippen MR) is 71.4 cm³/mol. The minimum absolute atomic E-state index is 0.00458. The highest BCUT2D eigenvalue weighted by molar-refractivity contribution is 5.98. The predicted octanol–water partition coefficient (Wildman–Crippen LogP) is 2.46. The van der Waals surface area contributed by atoms with E-state index < -0.39 is 11.7 Å². The molecule has 1 aliphatic carbocycles. The molecule has 104 valence electrons. The lowest BCUT2D eigenvalue weighted by molar-refractivity contribution is 0.0998. The molecule has 0 heterocycles. The van der Waals surface area contributed by atoms with Gasteiger partial charge in [0.25, 0.3) is 5.91 Å². The summed E-state index contributed by atoms with van der Waals surface area (Å²) in [5.74, 6) is -0.486. The molecule has 0 aliphatic heterocycles. The quantitative estimate of drug-likeness (QED) is 0.825. The Labute approximate surface area is 111 Å². The first-order valence-corrected chi connectivity index (χ1v) is 6.53. The average molecular weight is 266 g/mol. The molecule has 4 nitrogen and oxygen atoms in total. The maximum absolute atomic E-state index is 13.8. The number of carbonyl (C=O) groups is 1. The number of amides is 1. The molecule has 0 atom stereocenters. The van der Waals surface area contributed by atoms with Gasteiger partial charge in [0.1, 0.15) is 0 Å². The fourth-order valence-corrected chi connectivity index (χ4v) is 2.40. The van der Waals surface area contributed by atoms with Crippen LogP contribution in [0.1, 0.15) is 43.0 Å². The molecular weight excluding hydrogens is 247 g/mol. The summed E-state index contributed by atoms with van der Waals surface area (Å²) >= 11 is 0. The summed E-state index contributed by atoms with van der Waals surface area (Å²) in [5, 5.41) is 0. The van der Waals surface area contributed by atoms with Gasteiger partial charge in [-0.25, -0.2) is 4.39 Å². The van der Waals surface area contributed by atoms with Crippen molar-refractivity contribution in [2.45, 2.75) is 38.7 Å². The number of hydrogen-bond donors (Lipinski definition) is 2. The molecule has 0 saturated heterocycles. The summed E-state index contributed by atoms with van der Waals surface area (Å²) in [7, 11) is 0. The highest BCUT2D eigenvalue weighted by Gasteiger charge is 2.21. The molecule has 1 fully saturated rings. The second-order valence-electron chi connectivity index (χ2n) is 5.23. The van der Waals surface area contributed by atoms with Crippen LogP contribution < -0.4 is 16.2 Å². The topological polar surface area (TPSA) is 78.3 Å². The largest absolute Gasteiger partial charge is 0.487 e. The third kappa shape index (κ3) is 3.16. The van der Waals surface area contributed by atoms with E-state index in [0.29, 0.717) is 5.92 Å². The van der Waals surface area contributed by atoms with Crippen molar-refractivity contribution in [3.05, 3.63) is 23.5 Å². The SMILES string of the molecule is CC1CCC(Oc2cc(C(N)=O)c(N)cc2F)CC1. The summed E-state index contributed by atoms with van der Waals surface area (Å²) in [6, 6.07) is 2.38. The Balaban J connectivity index is 2.15. The van der Waals surface area contributed by atoms with Crippen molar-refractivity contribution < 1.29 is 13.9 Å². The number of primary amides is 1. The van der Waals surface area contributed by atoms with Crippen molar-refractivity contribution in [3.8, 4) is 5.75 Å². The molecule has 2 rings (SSSR count). The fourth-order valence-electron chi connectivity index (χ4n) is 2.40. The number of carbonyl (C=O) groups excluding carboxylic acids is 1. The summed E-state index contributed by atoms with van der Waals surface area (Å²) in [4.78, 5) is 11.2. The molecule has 0 unspecified atom stereocenters. The number of nitrogen functional groups attached to an aromatic ring is 1. The van der Waals surface area contributed by atoms with Crippen molar-refractivity contribution in [3.63, 3.8) is 0 Å². The van der Waals surface area contributed by atoms with Crippen molar-refractivity contribution in [2.75, 3.05) is 5.73 Å². The fraction of sp³-hybridized carbons (Fsp3) is 0.500. The first kappa shape index (κ1) is 13.6. The third-order valence-electron chi connectivity index (χ3n) is 3.63. The van der Waals surface area contributed by atoms with Crippen LogP contribution >= 0.6 is 0 Å². The number of hydrogen-bond acceptors (Lipinski definition) is 3. The van der Waals surface area contributed by atoms with Crippen LogP contribution in [0.4, 0.5) is 10.1 Å². The Morgan fingerprint density at radius 1 is 1.32 bits per heavy atom. The van der Waals surface area contributed by atoms with Gasteiger partial charge in [0.05, 0.1) is 11.7 Å². The van der Waals surface area contributed by atoms with Crippen LogP contribution in [0, 0.1) is 11.7 Å². The van der Waals surface area contributed by atoms with E-state index in [-0.39, 0.29) is 23.1 Å². The Bertz CT molecular complexity index is 483. The molecule has 1 amide bonds. The monoisotopic (exact) mass is 266 g/mol. The van der Waals surface area contributed by atoms with Crippen LogP contribution in [0.2, 0.25) is 0 Å². The van der Waals surface area contributed by atoms with E-state index in [1.807, 2.05) is 0 Å². The van der Waals surface area contributed by atoms with Gasteiger partial charge in [0.2, 0.25) is 0 Å². The zero-order valence-corrected chi connectivity index (χ0v) is 11.0. The van der Waals surface area contributed by atoms with E-state index in [1.165, 1.54) is 6.07 Å². The molecule has 19 heavy (non-hydrogen) atoms. The first-order valence-electron chi connectivity index (χ1n) is 6.53. The average Bonchev–Trinajstić information content (AvgIpc) is 2.34. The van der Waals surface area contributed by atoms with Crippen molar-refractivity contribution in [1.82, 2.24) is 0 Å². The lowest BCUT2D eigenvalue weighted by Gasteiger charge is -2.27. The number of nitrogens with two attached hydrogens (primary N) is 2. The summed E-state index contributed by atoms with van der Waals surface area (Å²) in [6.07, 6.45) is 3.94. The smallest absolute Gasteiger partial charge is 0.250 e. The van der Waals surface area contributed by atoms with E-state index in [9.17, 15) is 9.18 Å². The summed E-state index contributed by atoms with van der Waals surface area (Å²) < 4.78 is 19.4. The van der Waals surface area contributed by atoms with Crippen LogP contribution in [-0.4, -0.2) is 12.0 Å². The second-order valence-corrected chi connectivity index (χ2v) is 5.23. The number of ether oxygens (including phenoxy) is 1. The van der Waals surface area contributed by atoms with Crippen LogP contribution in [0.15, 0.2) is 12.1 Å². The minimum atomic E-state index is -0.681. The molecule has 0 bridgehead atoms. The van der Waals surface area contributed by atoms with E-state index in [2.05, 4.69) is 6.92 Å². The first-order chi connectivity index (χ1) is 8.97. The molecule has 1 aromatic carbocycles. The van der Waals surface area contributed by atoms with Gasteiger partial charge in [-0.1, -0.05) is 6.92 Å². The molecule has 5 heteroatoms. The molecule has 0 spiro atoms. The van der Waals surface area contributed by atoms with Crippen molar-refractivity contribution >= 4 is 11.6 Å². The Morgan fingerprint density at radius 3 is 2.53 bits per heavy atom. The van der Waals surface area contributed by atoms with Gasteiger partial charge in [0.15, 0.2) is 11.6 Å². The van der Waals surface area contributed by atoms with Crippen LogP contribution in [0.5, 0.6) is 5.75 Å². The molecule has 1 saturated carbocycles. The molecule has 0 aromatic heterocycles. The second kappa shape index (κ2) is 5.47. The minimum Gasteiger partial charge on any atom is -0.487 e. The van der Waals surface area contributed by atoms with E-state index >= 15 is 0 Å². The van der Waals surface area contributed by atoms with Gasteiger partial charge < -0.3 is 16.2 Å². The molecule has 1 aliphatic rings. The maximum atomic E-state index is 13.8.